The zero-order valence-corrected chi connectivity index (χ0v) is 15.9. The Morgan fingerprint density at radius 2 is 1.96 bits per heavy atom. The second-order valence-electron chi connectivity index (χ2n) is 7.39. The molecule has 1 N–H and O–H groups in total. The molecule has 0 unspecified atom stereocenters. The molecule has 0 bridgehead atoms. The minimum atomic E-state index is -0.182. The first kappa shape index (κ1) is 16.9. The molecule has 0 radical (unpaired) electrons. The lowest BCUT2D eigenvalue weighted by atomic mass is 9.73. The summed E-state index contributed by atoms with van der Waals surface area (Å²) < 4.78 is 7.51. The first-order valence-corrected chi connectivity index (χ1v) is 9.36. The number of nitrogens with one attached hydrogen (secondary N) is 1. The van der Waals surface area contributed by atoms with E-state index >= 15 is 0 Å². The Labute approximate surface area is 160 Å². The van der Waals surface area contributed by atoms with Gasteiger partial charge in [-0.25, -0.2) is 14.6 Å². The lowest BCUT2D eigenvalue weighted by Crippen LogP contribution is -2.26. The van der Waals surface area contributed by atoms with Crippen molar-refractivity contribution in [3.05, 3.63) is 63.7 Å². The predicted molar refractivity (Wildman–Crippen MR) is 103 cm³/mol. The van der Waals surface area contributed by atoms with Crippen LogP contribution in [0.15, 0.2) is 33.9 Å². The molecule has 2 atom stereocenters. The summed E-state index contributed by atoms with van der Waals surface area (Å²) in [5.74, 6) is 2.43. The molecule has 0 spiro atoms. The Hall–Kier alpha value is -3.29. The van der Waals surface area contributed by atoms with E-state index in [2.05, 4.69) is 20.1 Å². The number of hydrogen-bond acceptors (Lipinski definition) is 6. The van der Waals surface area contributed by atoms with Crippen LogP contribution in [-0.2, 0) is 0 Å². The van der Waals surface area contributed by atoms with Gasteiger partial charge in [0.1, 0.15) is 17.0 Å². The summed E-state index contributed by atoms with van der Waals surface area (Å²) in [6.07, 6.45) is 6.91. The van der Waals surface area contributed by atoms with Gasteiger partial charge >= 0.3 is 0 Å². The van der Waals surface area contributed by atoms with Crippen LogP contribution in [0.25, 0.3) is 16.7 Å². The summed E-state index contributed by atoms with van der Waals surface area (Å²) in [6, 6.07) is 1.91. The van der Waals surface area contributed by atoms with Crippen molar-refractivity contribution in [1.82, 2.24) is 29.7 Å². The molecule has 5 rings (SSSR count). The third-order valence-corrected chi connectivity index (χ3v) is 5.68. The van der Waals surface area contributed by atoms with Gasteiger partial charge in [-0.1, -0.05) is 0 Å². The average Bonchev–Trinajstić information content (AvgIpc) is 3.18. The number of fused-ring (bicyclic) bond motifs is 1. The highest BCUT2D eigenvalue weighted by Crippen LogP contribution is 2.47. The van der Waals surface area contributed by atoms with Crippen molar-refractivity contribution in [2.24, 2.45) is 0 Å². The van der Waals surface area contributed by atoms with Crippen molar-refractivity contribution in [2.75, 3.05) is 0 Å². The van der Waals surface area contributed by atoms with E-state index in [4.69, 9.17) is 9.40 Å². The molecule has 1 fully saturated rings. The maximum Gasteiger partial charge on any atom is 0.262 e. The minimum absolute atomic E-state index is 0.0768. The number of aromatic nitrogens is 6. The number of nitrogens with zero attached hydrogens (tertiary/aromatic N) is 5. The van der Waals surface area contributed by atoms with Gasteiger partial charge in [0.05, 0.1) is 23.8 Å². The molecule has 4 aromatic rings. The largest absolute Gasteiger partial charge is 0.445 e. The van der Waals surface area contributed by atoms with Crippen LogP contribution in [0.5, 0.6) is 0 Å². The van der Waals surface area contributed by atoms with Gasteiger partial charge in [-0.2, -0.15) is 5.10 Å². The fourth-order valence-electron chi connectivity index (χ4n) is 3.74. The standard InChI is InChI=1S/C20H20N6O2/c1-10-6-7-21-9-16(10)26-18-15(8-22-26)19(27)25-17(24-18)13-4-5-14(13)20-23-11(2)12(3)28-20/h6-9,13-14H,4-5H2,1-3H3,(H,24,25,27)/t13-,14+/m1/s1. The van der Waals surface area contributed by atoms with Crippen LogP contribution in [-0.4, -0.2) is 29.7 Å². The topological polar surface area (TPSA) is 102 Å². The first-order chi connectivity index (χ1) is 13.5. The lowest BCUT2D eigenvalue weighted by Gasteiger charge is -2.33. The van der Waals surface area contributed by atoms with Crippen molar-refractivity contribution in [2.45, 2.75) is 45.4 Å². The van der Waals surface area contributed by atoms with E-state index in [9.17, 15) is 4.79 Å². The maximum atomic E-state index is 12.7. The molecule has 4 aromatic heterocycles. The van der Waals surface area contributed by atoms with E-state index in [1.165, 1.54) is 0 Å². The van der Waals surface area contributed by atoms with Crippen molar-refractivity contribution < 1.29 is 4.42 Å². The smallest absolute Gasteiger partial charge is 0.262 e. The number of aryl methyl sites for hydroxylation is 3. The van der Waals surface area contributed by atoms with Crippen LogP contribution in [0.1, 0.15) is 53.4 Å². The molecule has 0 saturated heterocycles. The summed E-state index contributed by atoms with van der Waals surface area (Å²) in [6.45, 7) is 5.84. The zero-order valence-electron chi connectivity index (χ0n) is 15.9. The first-order valence-electron chi connectivity index (χ1n) is 9.36. The quantitative estimate of drug-likeness (QED) is 0.589. The van der Waals surface area contributed by atoms with Crippen molar-refractivity contribution in [3.63, 3.8) is 0 Å². The lowest BCUT2D eigenvalue weighted by molar-refractivity contribution is 0.273. The van der Waals surface area contributed by atoms with Crippen LogP contribution < -0.4 is 5.56 Å². The number of H-pyrrole nitrogens is 1. The molecule has 0 aliphatic heterocycles. The highest BCUT2D eigenvalue weighted by molar-refractivity contribution is 5.75. The normalized spacial score (nSPS) is 19.1. The van der Waals surface area contributed by atoms with E-state index in [-0.39, 0.29) is 17.4 Å². The van der Waals surface area contributed by atoms with Gasteiger partial charge in [-0.15, -0.1) is 0 Å². The number of pyridine rings is 1. The Morgan fingerprint density at radius 3 is 2.64 bits per heavy atom. The Morgan fingerprint density at radius 1 is 1.14 bits per heavy atom. The molecule has 0 aromatic carbocycles. The summed E-state index contributed by atoms with van der Waals surface area (Å²) in [5, 5.41) is 4.85. The summed E-state index contributed by atoms with van der Waals surface area (Å²) in [5.41, 5.74) is 3.09. The molecule has 1 saturated carbocycles. The minimum Gasteiger partial charge on any atom is -0.445 e. The molecule has 142 valence electrons. The molecule has 28 heavy (non-hydrogen) atoms. The van der Waals surface area contributed by atoms with Gasteiger partial charge < -0.3 is 9.40 Å². The average molecular weight is 376 g/mol. The SMILES string of the molecule is Cc1ccncc1-n1ncc2c(=O)[nH]c([C@@H]3CC[C@@H]3c3nc(C)c(C)o3)nc21. The third kappa shape index (κ3) is 2.48. The van der Waals surface area contributed by atoms with Crippen molar-refractivity contribution in [1.29, 1.82) is 0 Å². The van der Waals surface area contributed by atoms with Crippen LogP contribution in [0, 0.1) is 20.8 Å². The molecule has 8 heteroatoms. The van der Waals surface area contributed by atoms with Crippen LogP contribution in [0.4, 0.5) is 0 Å². The predicted octanol–water partition coefficient (Wildman–Crippen LogP) is 3.08. The van der Waals surface area contributed by atoms with Crippen LogP contribution in [0.2, 0.25) is 0 Å². The monoisotopic (exact) mass is 376 g/mol. The molecule has 1 aliphatic rings. The Balaban J connectivity index is 1.60. The Bertz CT molecular complexity index is 1230. The molecular formula is C20H20N6O2. The molecule has 4 heterocycles. The van der Waals surface area contributed by atoms with E-state index in [0.29, 0.717) is 16.9 Å². The van der Waals surface area contributed by atoms with Gasteiger partial charge in [0, 0.05) is 18.0 Å². The third-order valence-electron chi connectivity index (χ3n) is 5.68. The van der Waals surface area contributed by atoms with E-state index in [1.54, 1.807) is 23.3 Å². The van der Waals surface area contributed by atoms with Gasteiger partial charge in [0.2, 0.25) is 0 Å². The molecule has 8 nitrogen and oxygen atoms in total. The van der Waals surface area contributed by atoms with Gasteiger partial charge in [-0.3, -0.25) is 9.78 Å². The Kier molecular flexibility index (Phi) is 3.68. The van der Waals surface area contributed by atoms with E-state index in [1.807, 2.05) is 26.8 Å². The zero-order chi connectivity index (χ0) is 19.4. The fraction of sp³-hybridized carbons (Fsp3) is 0.350. The second-order valence-corrected chi connectivity index (χ2v) is 7.39. The molecular weight excluding hydrogens is 356 g/mol. The maximum absolute atomic E-state index is 12.7. The summed E-state index contributed by atoms with van der Waals surface area (Å²) in [7, 11) is 0. The van der Waals surface area contributed by atoms with Gasteiger partial charge in [0.25, 0.3) is 5.56 Å². The van der Waals surface area contributed by atoms with Gasteiger partial charge in [0.15, 0.2) is 11.5 Å². The number of hydrogen-bond donors (Lipinski definition) is 1. The summed E-state index contributed by atoms with van der Waals surface area (Å²) >= 11 is 0. The molecule has 0 amide bonds. The summed E-state index contributed by atoms with van der Waals surface area (Å²) in [4.78, 5) is 29.1. The number of oxazole rings is 1. The number of rotatable bonds is 3. The van der Waals surface area contributed by atoms with Crippen molar-refractivity contribution >= 4 is 11.0 Å². The highest BCUT2D eigenvalue weighted by Gasteiger charge is 2.39. The second kappa shape index (κ2) is 6.12. The molecule has 1 aliphatic carbocycles. The fourth-order valence-corrected chi connectivity index (χ4v) is 3.74. The van der Waals surface area contributed by atoms with E-state index in [0.717, 1.165) is 41.4 Å². The van der Waals surface area contributed by atoms with Crippen molar-refractivity contribution in [3.8, 4) is 5.69 Å². The van der Waals surface area contributed by atoms with Crippen LogP contribution in [0.3, 0.4) is 0 Å². The number of aromatic amines is 1. The van der Waals surface area contributed by atoms with Crippen LogP contribution >= 0.6 is 0 Å². The van der Waals surface area contributed by atoms with Gasteiger partial charge in [-0.05, 0) is 45.2 Å². The highest BCUT2D eigenvalue weighted by atomic mass is 16.4. The van der Waals surface area contributed by atoms with E-state index < -0.39 is 0 Å².